The van der Waals surface area contributed by atoms with Gasteiger partial charge in [-0.3, -0.25) is 10.00 Å². The number of aryl methyl sites for hydroxylation is 1. The number of aromatic nitrogens is 2. The molecule has 0 atom stereocenters. The molecule has 2 aromatic rings. The van der Waals surface area contributed by atoms with Crippen LogP contribution in [0.5, 0.6) is 0 Å². The van der Waals surface area contributed by atoms with Gasteiger partial charge < -0.3 is 5.11 Å². The molecule has 1 aliphatic heterocycles. The number of H-pyrrole nitrogens is 1. The van der Waals surface area contributed by atoms with Crippen LogP contribution < -0.4 is 0 Å². The molecule has 0 fully saturated rings. The molecular formula is C18H25N3O. The van der Waals surface area contributed by atoms with E-state index in [0.29, 0.717) is 0 Å². The SMILES string of the molecule is CC(C)(O)CCc1ccc(CN2CCc3[nH]ncc3C2)cc1. The van der Waals surface area contributed by atoms with Gasteiger partial charge in [-0.25, -0.2) is 0 Å². The van der Waals surface area contributed by atoms with Gasteiger partial charge in [-0.2, -0.15) is 5.10 Å². The van der Waals surface area contributed by atoms with E-state index in [9.17, 15) is 5.11 Å². The van der Waals surface area contributed by atoms with Gasteiger partial charge in [-0.1, -0.05) is 24.3 Å². The van der Waals surface area contributed by atoms with E-state index >= 15 is 0 Å². The summed E-state index contributed by atoms with van der Waals surface area (Å²) in [5.41, 5.74) is 4.67. The van der Waals surface area contributed by atoms with E-state index in [-0.39, 0.29) is 0 Å². The number of hydrogen-bond donors (Lipinski definition) is 2. The van der Waals surface area contributed by atoms with Crippen LogP contribution in [0, 0.1) is 0 Å². The van der Waals surface area contributed by atoms with Crippen molar-refractivity contribution in [3.8, 4) is 0 Å². The molecule has 0 bridgehead atoms. The molecular weight excluding hydrogens is 274 g/mol. The van der Waals surface area contributed by atoms with Crippen molar-refractivity contribution in [1.29, 1.82) is 0 Å². The Morgan fingerprint density at radius 3 is 2.68 bits per heavy atom. The highest BCUT2D eigenvalue weighted by atomic mass is 16.3. The summed E-state index contributed by atoms with van der Waals surface area (Å²) in [6.45, 7) is 6.77. The van der Waals surface area contributed by atoms with Crippen molar-refractivity contribution in [1.82, 2.24) is 15.1 Å². The van der Waals surface area contributed by atoms with Crippen LogP contribution >= 0.6 is 0 Å². The number of aliphatic hydroxyl groups is 1. The number of nitrogens with zero attached hydrogens (tertiary/aromatic N) is 2. The molecule has 0 radical (unpaired) electrons. The highest BCUT2D eigenvalue weighted by molar-refractivity contribution is 5.24. The number of nitrogens with one attached hydrogen (secondary N) is 1. The minimum atomic E-state index is -0.589. The average Bonchev–Trinajstić information content (AvgIpc) is 2.93. The number of hydrogen-bond acceptors (Lipinski definition) is 3. The van der Waals surface area contributed by atoms with Crippen LogP contribution in [0.1, 0.15) is 42.7 Å². The first kappa shape index (κ1) is 15.3. The fourth-order valence-electron chi connectivity index (χ4n) is 2.94. The van der Waals surface area contributed by atoms with Crippen LogP contribution in [0.2, 0.25) is 0 Å². The Kier molecular flexibility index (Phi) is 4.32. The van der Waals surface area contributed by atoms with Gasteiger partial charge in [0.2, 0.25) is 0 Å². The number of benzene rings is 1. The van der Waals surface area contributed by atoms with Crippen LogP contribution in [0.15, 0.2) is 30.5 Å². The molecule has 22 heavy (non-hydrogen) atoms. The molecule has 2 N–H and O–H groups in total. The Morgan fingerprint density at radius 1 is 1.23 bits per heavy atom. The normalized spacial score (nSPS) is 15.8. The first-order valence-electron chi connectivity index (χ1n) is 8.03. The molecule has 4 heteroatoms. The fraction of sp³-hybridized carbons (Fsp3) is 0.500. The lowest BCUT2D eigenvalue weighted by molar-refractivity contribution is 0.0714. The second-order valence-corrected chi connectivity index (χ2v) is 6.96. The van der Waals surface area contributed by atoms with E-state index in [1.165, 1.54) is 22.4 Å². The molecule has 0 saturated heterocycles. The highest BCUT2D eigenvalue weighted by Crippen LogP contribution is 2.19. The fourth-order valence-corrected chi connectivity index (χ4v) is 2.94. The first-order chi connectivity index (χ1) is 10.5. The minimum Gasteiger partial charge on any atom is -0.390 e. The summed E-state index contributed by atoms with van der Waals surface area (Å²) in [7, 11) is 0. The van der Waals surface area contributed by atoms with Gasteiger partial charge in [-0.15, -0.1) is 0 Å². The monoisotopic (exact) mass is 299 g/mol. The van der Waals surface area contributed by atoms with Gasteiger partial charge in [0, 0.05) is 37.3 Å². The molecule has 118 valence electrons. The van der Waals surface area contributed by atoms with Crippen LogP contribution in [-0.2, 0) is 25.9 Å². The quantitative estimate of drug-likeness (QED) is 0.892. The number of aromatic amines is 1. The lowest BCUT2D eigenvalue weighted by Gasteiger charge is -2.26. The van der Waals surface area contributed by atoms with Crippen molar-refractivity contribution in [2.45, 2.75) is 51.8 Å². The highest BCUT2D eigenvalue weighted by Gasteiger charge is 2.17. The van der Waals surface area contributed by atoms with E-state index < -0.39 is 5.60 Å². The topological polar surface area (TPSA) is 52.1 Å². The van der Waals surface area contributed by atoms with Gasteiger partial charge in [0.25, 0.3) is 0 Å². The summed E-state index contributed by atoms with van der Waals surface area (Å²) in [6, 6.07) is 8.80. The van der Waals surface area contributed by atoms with Crippen molar-refractivity contribution in [2.75, 3.05) is 6.54 Å². The van der Waals surface area contributed by atoms with Gasteiger partial charge in [0.05, 0.1) is 11.8 Å². The van der Waals surface area contributed by atoms with Crippen molar-refractivity contribution in [3.05, 3.63) is 52.8 Å². The van der Waals surface area contributed by atoms with E-state index in [0.717, 1.165) is 38.9 Å². The molecule has 2 heterocycles. The third-order valence-electron chi connectivity index (χ3n) is 4.33. The van der Waals surface area contributed by atoms with E-state index in [1.54, 1.807) is 0 Å². The van der Waals surface area contributed by atoms with E-state index in [2.05, 4.69) is 39.4 Å². The largest absolute Gasteiger partial charge is 0.390 e. The molecule has 0 unspecified atom stereocenters. The van der Waals surface area contributed by atoms with Crippen LogP contribution in [0.3, 0.4) is 0 Å². The van der Waals surface area contributed by atoms with Gasteiger partial charge >= 0.3 is 0 Å². The lowest BCUT2D eigenvalue weighted by atomic mass is 9.98. The lowest BCUT2D eigenvalue weighted by Crippen LogP contribution is -2.29. The van der Waals surface area contributed by atoms with Gasteiger partial charge in [0.15, 0.2) is 0 Å². The maximum Gasteiger partial charge on any atom is 0.0594 e. The third kappa shape index (κ3) is 3.96. The predicted molar refractivity (Wildman–Crippen MR) is 87.5 cm³/mol. The number of rotatable bonds is 5. The van der Waals surface area contributed by atoms with Crippen molar-refractivity contribution >= 4 is 0 Å². The molecule has 3 rings (SSSR count). The van der Waals surface area contributed by atoms with E-state index in [4.69, 9.17) is 0 Å². The molecule has 1 aromatic carbocycles. The Balaban J connectivity index is 1.55. The summed E-state index contributed by atoms with van der Waals surface area (Å²) >= 11 is 0. The molecule has 1 aliphatic rings. The molecule has 0 spiro atoms. The summed E-state index contributed by atoms with van der Waals surface area (Å²) < 4.78 is 0. The van der Waals surface area contributed by atoms with Gasteiger partial charge in [-0.05, 0) is 37.8 Å². The van der Waals surface area contributed by atoms with Crippen LogP contribution in [-0.4, -0.2) is 32.3 Å². The second-order valence-electron chi connectivity index (χ2n) is 6.96. The Bertz CT molecular complexity index is 610. The summed E-state index contributed by atoms with van der Waals surface area (Å²) in [5.74, 6) is 0. The predicted octanol–water partition coefficient (Wildman–Crippen LogP) is 2.67. The first-order valence-corrected chi connectivity index (χ1v) is 8.03. The Morgan fingerprint density at radius 2 is 1.95 bits per heavy atom. The Hall–Kier alpha value is -1.65. The summed E-state index contributed by atoms with van der Waals surface area (Å²) in [4.78, 5) is 2.46. The smallest absolute Gasteiger partial charge is 0.0594 e. The van der Waals surface area contributed by atoms with Gasteiger partial charge in [0.1, 0.15) is 0 Å². The van der Waals surface area contributed by atoms with Crippen LogP contribution in [0.25, 0.3) is 0 Å². The zero-order valence-corrected chi connectivity index (χ0v) is 13.5. The Labute approximate surface area is 132 Å². The van der Waals surface area contributed by atoms with Crippen molar-refractivity contribution in [2.24, 2.45) is 0 Å². The third-order valence-corrected chi connectivity index (χ3v) is 4.33. The maximum absolute atomic E-state index is 9.80. The molecule has 0 aliphatic carbocycles. The minimum absolute atomic E-state index is 0.589. The molecule has 0 amide bonds. The molecule has 4 nitrogen and oxygen atoms in total. The average molecular weight is 299 g/mol. The molecule has 1 aromatic heterocycles. The zero-order chi connectivity index (χ0) is 15.6. The van der Waals surface area contributed by atoms with E-state index in [1.807, 2.05) is 20.0 Å². The molecule has 0 saturated carbocycles. The summed E-state index contributed by atoms with van der Waals surface area (Å²) in [5, 5.41) is 17.0. The van der Waals surface area contributed by atoms with Crippen molar-refractivity contribution in [3.63, 3.8) is 0 Å². The number of fused-ring (bicyclic) bond motifs is 1. The van der Waals surface area contributed by atoms with Crippen molar-refractivity contribution < 1.29 is 5.11 Å². The van der Waals surface area contributed by atoms with Crippen LogP contribution in [0.4, 0.5) is 0 Å². The summed E-state index contributed by atoms with van der Waals surface area (Å²) in [6.07, 6.45) is 4.72. The second kappa shape index (κ2) is 6.23. The maximum atomic E-state index is 9.80. The zero-order valence-electron chi connectivity index (χ0n) is 13.5. The standard InChI is InChI=1S/C18H25N3O/c1-18(2,22)9-7-14-3-5-15(6-4-14)12-21-10-8-17-16(13-21)11-19-20-17/h3-6,11,22H,7-10,12-13H2,1-2H3,(H,19,20).